The quantitative estimate of drug-likeness (QED) is 0.816. The molecule has 1 N–H and O–H groups in total. The van der Waals surface area contributed by atoms with Gasteiger partial charge in [-0.3, -0.25) is 9.69 Å². The van der Waals surface area contributed by atoms with E-state index < -0.39 is 12.1 Å². The van der Waals surface area contributed by atoms with Crippen molar-refractivity contribution >= 4 is 11.9 Å². The Morgan fingerprint density at radius 3 is 2.46 bits per heavy atom. The van der Waals surface area contributed by atoms with Gasteiger partial charge in [-0.25, -0.2) is 9.78 Å². The molecule has 0 saturated carbocycles. The number of alkyl halides is 3. The summed E-state index contributed by atoms with van der Waals surface area (Å²) in [6.45, 7) is 4.45. The number of carboxylic acids is 1. The van der Waals surface area contributed by atoms with Gasteiger partial charge in [0.2, 0.25) is 5.91 Å². The number of carbonyl (C=O) groups is 2. The van der Waals surface area contributed by atoms with E-state index in [0.717, 1.165) is 51.4 Å². The van der Waals surface area contributed by atoms with Gasteiger partial charge < -0.3 is 19.3 Å². The Bertz CT molecular complexity index is 672. The maximum Gasteiger partial charge on any atom is 0.490 e. The molecule has 1 atom stereocenters. The number of nitrogens with zero attached hydrogens (tertiary/aromatic N) is 4. The number of amides is 1. The first-order chi connectivity index (χ1) is 13.1. The lowest BCUT2D eigenvalue weighted by molar-refractivity contribution is -0.192. The molecule has 8 nitrogen and oxygen atoms in total. The fraction of sp³-hybridized carbons (Fsp3) is 0.706. The van der Waals surface area contributed by atoms with Crippen LogP contribution in [-0.4, -0.2) is 82.9 Å². The Hall–Kier alpha value is -2.14. The molecular weight excluding hydrogens is 381 g/mol. The summed E-state index contributed by atoms with van der Waals surface area (Å²) in [5.41, 5.74) is 1.13. The molecule has 0 aromatic carbocycles. The fourth-order valence-corrected chi connectivity index (χ4v) is 3.29. The maximum absolute atomic E-state index is 12.4. The molecule has 158 valence electrons. The number of aromatic nitrogens is 2. The minimum atomic E-state index is -5.08. The van der Waals surface area contributed by atoms with Crippen LogP contribution >= 0.6 is 0 Å². The first kappa shape index (κ1) is 22.2. The summed E-state index contributed by atoms with van der Waals surface area (Å²) in [4.78, 5) is 29.6. The van der Waals surface area contributed by atoms with E-state index in [1.54, 1.807) is 11.2 Å². The molecule has 3 rings (SSSR count). The number of ether oxygens (including phenoxy) is 1. The number of hydrogen-bond donors (Lipinski definition) is 1. The summed E-state index contributed by atoms with van der Waals surface area (Å²) in [5, 5.41) is 7.12. The minimum absolute atomic E-state index is 0.144. The van der Waals surface area contributed by atoms with Crippen molar-refractivity contribution in [2.45, 2.75) is 31.6 Å². The Balaban J connectivity index is 0.000000345. The Kier molecular flexibility index (Phi) is 7.41. The topological polar surface area (TPSA) is 87.9 Å². The number of halogens is 3. The second-order valence-electron chi connectivity index (χ2n) is 7.09. The number of rotatable bonds is 3. The van der Waals surface area contributed by atoms with Crippen molar-refractivity contribution in [3.63, 3.8) is 0 Å². The zero-order chi connectivity index (χ0) is 20.9. The monoisotopic (exact) mass is 406 g/mol. The van der Waals surface area contributed by atoms with Gasteiger partial charge in [0.1, 0.15) is 6.04 Å². The average Bonchev–Trinajstić information content (AvgIpc) is 3.09. The highest BCUT2D eigenvalue weighted by atomic mass is 19.4. The molecule has 1 aromatic rings. The van der Waals surface area contributed by atoms with Gasteiger partial charge in [-0.05, 0) is 18.8 Å². The van der Waals surface area contributed by atoms with Gasteiger partial charge in [0.05, 0.1) is 12.0 Å². The van der Waals surface area contributed by atoms with Crippen molar-refractivity contribution in [3.05, 3.63) is 18.2 Å². The van der Waals surface area contributed by atoms with E-state index in [2.05, 4.69) is 9.88 Å². The van der Waals surface area contributed by atoms with Crippen molar-refractivity contribution in [2.75, 3.05) is 40.4 Å². The van der Waals surface area contributed by atoms with Crippen LogP contribution in [0.1, 0.15) is 24.6 Å². The first-order valence-corrected chi connectivity index (χ1v) is 8.91. The van der Waals surface area contributed by atoms with Crippen LogP contribution in [0.5, 0.6) is 0 Å². The van der Waals surface area contributed by atoms with Crippen LogP contribution < -0.4 is 0 Å². The van der Waals surface area contributed by atoms with Gasteiger partial charge in [-0.2, -0.15) is 13.2 Å². The van der Waals surface area contributed by atoms with E-state index in [9.17, 15) is 18.0 Å². The molecule has 11 heteroatoms. The number of aliphatic carboxylic acids is 1. The molecular formula is C17H25F3N4O4. The van der Waals surface area contributed by atoms with Crippen molar-refractivity contribution in [2.24, 2.45) is 5.92 Å². The molecule has 28 heavy (non-hydrogen) atoms. The maximum atomic E-state index is 12.4. The van der Waals surface area contributed by atoms with Crippen LogP contribution in [0.2, 0.25) is 0 Å². The minimum Gasteiger partial charge on any atom is -0.475 e. The standard InChI is InChI=1S/C15H24N4O2.C2HF3O2/c1-17(2)15(20)14-10-18(8-12-3-5-21-6-4-12)9-13-7-16-11-19(13)14;3-2(4,5)1(6)7/h7,11-12,14H,3-6,8-10H2,1-2H3;(H,6,7). The van der Waals surface area contributed by atoms with Crippen LogP contribution in [0.15, 0.2) is 12.5 Å². The molecule has 1 amide bonds. The van der Waals surface area contributed by atoms with E-state index >= 15 is 0 Å². The van der Waals surface area contributed by atoms with Crippen LogP contribution in [0, 0.1) is 5.92 Å². The lowest BCUT2D eigenvalue weighted by Crippen LogP contribution is -2.45. The van der Waals surface area contributed by atoms with Crippen LogP contribution in [0.25, 0.3) is 0 Å². The summed E-state index contributed by atoms with van der Waals surface area (Å²) in [6, 6.07) is -0.147. The lowest BCUT2D eigenvalue weighted by atomic mass is 9.98. The molecule has 0 spiro atoms. The molecule has 0 bridgehead atoms. The van der Waals surface area contributed by atoms with Crippen molar-refractivity contribution < 1.29 is 32.6 Å². The molecule has 3 heterocycles. The second kappa shape index (κ2) is 9.37. The number of carboxylic acid groups (broad SMARTS) is 1. The zero-order valence-corrected chi connectivity index (χ0v) is 15.9. The molecule has 2 aliphatic heterocycles. The third kappa shape index (κ3) is 5.93. The molecule has 1 aromatic heterocycles. The lowest BCUT2D eigenvalue weighted by Gasteiger charge is -2.37. The summed E-state index contributed by atoms with van der Waals surface area (Å²) < 4.78 is 39.2. The highest BCUT2D eigenvalue weighted by Gasteiger charge is 2.38. The highest BCUT2D eigenvalue weighted by molar-refractivity contribution is 5.80. The normalized spacial score (nSPS) is 20.7. The number of carbonyl (C=O) groups excluding carboxylic acids is 1. The predicted molar refractivity (Wildman–Crippen MR) is 92.5 cm³/mol. The van der Waals surface area contributed by atoms with Gasteiger partial charge in [0.25, 0.3) is 0 Å². The third-order valence-corrected chi connectivity index (χ3v) is 4.72. The smallest absolute Gasteiger partial charge is 0.475 e. The summed E-state index contributed by atoms with van der Waals surface area (Å²) in [7, 11) is 3.63. The van der Waals surface area contributed by atoms with Gasteiger partial charge in [0, 0.05) is 53.1 Å². The average molecular weight is 406 g/mol. The van der Waals surface area contributed by atoms with E-state index in [-0.39, 0.29) is 11.9 Å². The van der Waals surface area contributed by atoms with Crippen LogP contribution in [-0.2, 0) is 20.9 Å². The SMILES string of the molecule is CN(C)C(=O)C1CN(CC2CCOCC2)Cc2cncn21.O=C(O)C(F)(F)F. The molecule has 1 saturated heterocycles. The highest BCUT2D eigenvalue weighted by Crippen LogP contribution is 2.25. The van der Waals surface area contributed by atoms with Crippen LogP contribution in [0.4, 0.5) is 13.2 Å². The molecule has 0 radical (unpaired) electrons. The summed E-state index contributed by atoms with van der Waals surface area (Å²) in [6.07, 6.45) is 0.837. The summed E-state index contributed by atoms with van der Waals surface area (Å²) >= 11 is 0. The molecule has 2 aliphatic rings. The third-order valence-electron chi connectivity index (χ3n) is 4.72. The van der Waals surface area contributed by atoms with E-state index in [1.165, 1.54) is 0 Å². The van der Waals surface area contributed by atoms with Crippen LogP contribution in [0.3, 0.4) is 0 Å². The molecule has 1 fully saturated rings. The van der Waals surface area contributed by atoms with E-state index in [0.29, 0.717) is 5.92 Å². The van der Waals surface area contributed by atoms with Crippen molar-refractivity contribution in [1.29, 1.82) is 0 Å². The van der Waals surface area contributed by atoms with Crippen molar-refractivity contribution in [1.82, 2.24) is 19.4 Å². The Labute approximate surface area is 160 Å². The second-order valence-corrected chi connectivity index (χ2v) is 7.09. The number of imidazole rings is 1. The van der Waals surface area contributed by atoms with Gasteiger partial charge in [-0.15, -0.1) is 0 Å². The van der Waals surface area contributed by atoms with Gasteiger partial charge in [-0.1, -0.05) is 0 Å². The Morgan fingerprint density at radius 2 is 1.93 bits per heavy atom. The van der Waals surface area contributed by atoms with Gasteiger partial charge in [0.15, 0.2) is 0 Å². The number of hydrogen-bond acceptors (Lipinski definition) is 5. The van der Waals surface area contributed by atoms with E-state index in [1.807, 2.05) is 24.9 Å². The van der Waals surface area contributed by atoms with E-state index in [4.69, 9.17) is 14.6 Å². The zero-order valence-electron chi connectivity index (χ0n) is 15.9. The van der Waals surface area contributed by atoms with Crippen molar-refractivity contribution in [3.8, 4) is 0 Å². The Morgan fingerprint density at radius 1 is 1.32 bits per heavy atom. The number of likely N-dealkylation sites (N-methyl/N-ethyl adjacent to an activating group) is 1. The fourth-order valence-electron chi connectivity index (χ4n) is 3.29. The molecule has 0 aliphatic carbocycles. The molecule has 1 unspecified atom stereocenters. The first-order valence-electron chi connectivity index (χ1n) is 8.91. The number of fused-ring (bicyclic) bond motifs is 1. The predicted octanol–water partition coefficient (Wildman–Crippen LogP) is 1.39. The largest absolute Gasteiger partial charge is 0.490 e. The van der Waals surface area contributed by atoms with Gasteiger partial charge >= 0.3 is 12.1 Å². The summed E-state index contributed by atoms with van der Waals surface area (Å²) in [5.74, 6) is -1.93.